The van der Waals surface area contributed by atoms with Crippen molar-refractivity contribution < 1.29 is 14.0 Å². The fraction of sp³-hybridized carbons (Fsp3) is 0.474. The molecule has 0 bridgehead atoms. The van der Waals surface area contributed by atoms with Gasteiger partial charge in [-0.3, -0.25) is 9.59 Å². The summed E-state index contributed by atoms with van der Waals surface area (Å²) in [5.41, 5.74) is 0.518. The molecule has 0 spiro atoms. The Hall–Kier alpha value is -2.42. The Labute approximate surface area is 167 Å². The third kappa shape index (κ3) is 5.31. The van der Waals surface area contributed by atoms with E-state index in [1.807, 2.05) is 4.90 Å². The molecule has 7 nitrogen and oxygen atoms in total. The van der Waals surface area contributed by atoms with Crippen molar-refractivity contribution in [1.29, 1.82) is 0 Å². The van der Waals surface area contributed by atoms with E-state index >= 15 is 0 Å². The van der Waals surface area contributed by atoms with Crippen LogP contribution in [0, 0.1) is 11.7 Å². The van der Waals surface area contributed by atoms with Crippen LogP contribution in [-0.4, -0.2) is 50.3 Å². The van der Waals surface area contributed by atoms with E-state index < -0.39 is 0 Å². The Kier molecular flexibility index (Phi) is 6.66. The highest BCUT2D eigenvalue weighted by molar-refractivity contribution is 7.99. The van der Waals surface area contributed by atoms with Crippen LogP contribution in [0.25, 0.3) is 0 Å². The van der Waals surface area contributed by atoms with E-state index in [-0.39, 0.29) is 24.1 Å². The molecule has 2 heterocycles. The number of nitrogens with zero attached hydrogens (tertiary/aromatic N) is 4. The number of amides is 2. The van der Waals surface area contributed by atoms with Crippen LogP contribution < -0.4 is 5.32 Å². The molecule has 1 aromatic carbocycles. The fourth-order valence-corrected chi connectivity index (χ4v) is 3.81. The molecule has 0 atom stereocenters. The van der Waals surface area contributed by atoms with Gasteiger partial charge in [0.25, 0.3) is 0 Å². The summed E-state index contributed by atoms with van der Waals surface area (Å²) in [5.74, 6) is 0.969. The van der Waals surface area contributed by atoms with Crippen molar-refractivity contribution in [2.75, 3.05) is 24.2 Å². The zero-order valence-electron chi connectivity index (χ0n) is 16.0. The zero-order chi connectivity index (χ0) is 20.1. The number of thioether (sulfide) groups is 1. The number of hydrogen-bond donors (Lipinski definition) is 1. The maximum absolute atomic E-state index is 12.9. The molecule has 0 saturated carbocycles. The number of carbonyl (C=O) groups is 2. The largest absolute Gasteiger partial charge is 0.342 e. The monoisotopic (exact) mass is 405 g/mol. The van der Waals surface area contributed by atoms with E-state index in [9.17, 15) is 14.0 Å². The van der Waals surface area contributed by atoms with Crippen LogP contribution >= 0.6 is 11.8 Å². The van der Waals surface area contributed by atoms with Crippen LogP contribution in [0.15, 0.2) is 29.4 Å². The van der Waals surface area contributed by atoms with Crippen LogP contribution in [-0.2, 0) is 23.1 Å². The van der Waals surface area contributed by atoms with E-state index in [1.165, 1.54) is 36.0 Å². The van der Waals surface area contributed by atoms with Gasteiger partial charge in [0.15, 0.2) is 5.16 Å². The van der Waals surface area contributed by atoms with Gasteiger partial charge in [-0.1, -0.05) is 18.7 Å². The molecule has 1 saturated heterocycles. The fourth-order valence-electron chi connectivity index (χ4n) is 2.98. The lowest BCUT2D eigenvalue weighted by molar-refractivity contribution is -0.129. The standard InChI is InChI=1S/C19H24FN5O2S/c1-13-7-9-25(10-8-13)18(27)12-28-19-23-22-16(24(19)2)11-17(26)21-15-5-3-14(20)4-6-15/h3-6,13H,7-12H2,1-2H3,(H,21,26). The van der Waals surface area contributed by atoms with E-state index in [1.54, 1.807) is 11.6 Å². The normalized spacial score (nSPS) is 14.9. The summed E-state index contributed by atoms with van der Waals surface area (Å²) in [5, 5.41) is 11.4. The molecule has 9 heteroatoms. The smallest absolute Gasteiger partial charge is 0.233 e. The zero-order valence-corrected chi connectivity index (χ0v) is 16.8. The molecule has 1 aliphatic heterocycles. The first-order valence-electron chi connectivity index (χ1n) is 9.26. The third-order valence-electron chi connectivity index (χ3n) is 4.83. The first-order valence-corrected chi connectivity index (χ1v) is 10.2. The van der Waals surface area contributed by atoms with Crippen molar-refractivity contribution in [3.05, 3.63) is 35.9 Å². The second-order valence-electron chi connectivity index (χ2n) is 7.04. The highest BCUT2D eigenvalue weighted by atomic mass is 32.2. The molecule has 1 aromatic heterocycles. The van der Waals surface area contributed by atoms with E-state index in [2.05, 4.69) is 22.4 Å². The van der Waals surface area contributed by atoms with Crippen molar-refractivity contribution in [3.63, 3.8) is 0 Å². The summed E-state index contributed by atoms with van der Waals surface area (Å²) in [6.07, 6.45) is 2.14. The molecule has 0 aliphatic carbocycles. The molecule has 150 valence electrons. The minimum absolute atomic E-state index is 0.0411. The van der Waals surface area contributed by atoms with E-state index in [0.717, 1.165) is 25.9 Å². The molecule has 0 radical (unpaired) electrons. The van der Waals surface area contributed by atoms with Crippen molar-refractivity contribution in [2.45, 2.75) is 31.3 Å². The summed E-state index contributed by atoms with van der Waals surface area (Å²) in [4.78, 5) is 26.4. The van der Waals surface area contributed by atoms with Gasteiger partial charge in [0, 0.05) is 25.8 Å². The van der Waals surface area contributed by atoms with Crippen LogP contribution in [0.3, 0.4) is 0 Å². The molecule has 0 unspecified atom stereocenters. The number of piperidine rings is 1. The first-order chi connectivity index (χ1) is 13.4. The molecule has 1 fully saturated rings. The van der Waals surface area contributed by atoms with Gasteiger partial charge < -0.3 is 14.8 Å². The number of benzene rings is 1. The number of likely N-dealkylation sites (tertiary alicyclic amines) is 1. The second-order valence-corrected chi connectivity index (χ2v) is 7.98. The second kappa shape index (κ2) is 9.18. The number of rotatable bonds is 6. The highest BCUT2D eigenvalue weighted by Crippen LogP contribution is 2.20. The molecule has 28 heavy (non-hydrogen) atoms. The van der Waals surface area contributed by atoms with Crippen molar-refractivity contribution in [1.82, 2.24) is 19.7 Å². The average molecular weight is 405 g/mol. The molecule has 2 amide bonds. The van der Waals surface area contributed by atoms with E-state index in [4.69, 9.17) is 0 Å². The Balaban J connectivity index is 1.51. The van der Waals surface area contributed by atoms with Gasteiger partial charge >= 0.3 is 0 Å². The van der Waals surface area contributed by atoms with Gasteiger partial charge in [-0.2, -0.15) is 0 Å². The lowest BCUT2D eigenvalue weighted by Gasteiger charge is -2.30. The van der Waals surface area contributed by atoms with Gasteiger partial charge in [-0.05, 0) is 43.0 Å². The Morgan fingerprint density at radius 2 is 1.89 bits per heavy atom. The van der Waals surface area contributed by atoms with Gasteiger partial charge in [-0.15, -0.1) is 10.2 Å². The predicted molar refractivity (Wildman–Crippen MR) is 105 cm³/mol. The van der Waals surface area contributed by atoms with Crippen molar-refractivity contribution in [3.8, 4) is 0 Å². The van der Waals surface area contributed by atoms with Crippen LogP contribution in [0.1, 0.15) is 25.6 Å². The minimum Gasteiger partial charge on any atom is -0.342 e. The van der Waals surface area contributed by atoms with Gasteiger partial charge in [0.1, 0.15) is 11.6 Å². The van der Waals surface area contributed by atoms with Gasteiger partial charge in [-0.25, -0.2) is 4.39 Å². The molecule has 1 aliphatic rings. The van der Waals surface area contributed by atoms with Crippen LogP contribution in [0.5, 0.6) is 0 Å². The number of hydrogen-bond acceptors (Lipinski definition) is 5. The maximum atomic E-state index is 12.9. The molecule has 1 N–H and O–H groups in total. The number of carbonyl (C=O) groups excluding carboxylic acids is 2. The number of halogens is 1. The summed E-state index contributed by atoms with van der Waals surface area (Å²) >= 11 is 1.33. The Morgan fingerprint density at radius 3 is 2.57 bits per heavy atom. The summed E-state index contributed by atoms with van der Waals surface area (Å²) < 4.78 is 14.7. The Morgan fingerprint density at radius 1 is 1.21 bits per heavy atom. The first kappa shape index (κ1) is 20.3. The summed E-state index contributed by atoms with van der Waals surface area (Å²) in [7, 11) is 1.77. The number of anilines is 1. The number of nitrogens with one attached hydrogen (secondary N) is 1. The molecular formula is C19H24FN5O2S. The van der Waals surface area contributed by atoms with Gasteiger partial charge in [0.05, 0.1) is 12.2 Å². The lowest BCUT2D eigenvalue weighted by atomic mass is 9.99. The van der Waals surface area contributed by atoms with Gasteiger partial charge in [0.2, 0.25) is 11.8 Å². The van der Waals surface area contributed by atoms with Crippen LogP contribution in [0.4, 0.5) is 10.1 Å². The maximum Gasteiger partial charge on any atom is 0.233 e. The van der Waals surface area contributed by atoms with E-state index in [0.29, 0.717) is 28.3 Å². The lowest BCUT2D eigenvalue weighted by Crippen LogP contribution is -2.38. The molecule has 2 aromatic rings. The minimum atomic E-state index is -0.360. The predicted octanol–water partition coefficient (Wildman–Crippen LogP) is 2.49. The number of aromatic nitrogens is 3. The summed E-state index contributed by atoms with van der Waals surface area (Å²) in [6, 6.07) is 5.57. The third-order valence-corrected chi connectivity index (χ3v) is 5.84. The van der Waals surface area contributed by atoms with Crippen molar-refractivity contribution in [2.24, 2.45) is 13.0 Å². The quantitative estimate of drug-likeness (QED) is 0.747. The molecule has 3 rings (SSSR count). The van der Waals surface area contributed by atoms with Crippen LogP contribution in [0.2, 0.25) is 0 Å². The summed E-state index contributed by atoms with van der Waals surface area (Å²) in [6.45, 7) is 3.84. The van der Waals surface area contributed by atoms with Crippen molar-refractivity contribution >= 4 is 29.3 Å². The highest BCUT2D eigenvalue weighted by Gasteiger charge is 2.21. The average Bonchev–Trinajstić information content (AvgIpc) is 3.02. The molecular weight excluding hydrogens is 381 g/mol. The SMILES string of the molecule is CC1CCN(C(=O)CSc2nnc(CC(=O)Nc3ccc(F)cc3)n2C)CC1. The topological polar surface area (TPSA) is 80.1 Å². The Bertz CT molecular complexity index is 831.